The lowest BCUT2D eigenvalue weighted by atomic mass is 9.84. The molecule has 6 saturated heterocycles. The number of nitrogens with one attached hydrogen (secondary N) is 3. The lowest BCUT2D eigenvalue weighted by Crippen LogP contribution is -2.62. The van der Waals surface area contributed by atoms with E-state index in [4.69, 9.17) is 14.5 Å². The summed E-state index contributed by atoms with van der Waals surface area (Å²) in [5.74, 6) is 0.360. The standard InChI is InChI=1S/C65H88N10O6/c1-6-74-54-22-21-46-33-49(54)51(59(74)50-34-48(36-66-55(50)41(2)80-5)71-30-29-70-25-10-9-17-47(70)37-71)35-64(3,4)40-81-63(79)52-18-12-26-75(69-52)61(77)53(32-42-13-11-16-45(46)31-42)67-60(76)58(44-14-7-8-15-44)72-27-23-65(38-72)24-28-73(39-65)62(78)57-56(68-57)43-19-20-43/h11,13,16,21-22,31,33-34,36,41,43-44,47,52-53,56-58,68-69H,6-10,12,14-15,17-20,23-30,32,35,37-40H2,1-5H3,(H,67,76)/t41-,47+,52-,53-,56+,57+,58-,65-/m0/s1. The van der Waals surface area contributed by atoms with Crippen LogP contribution in [0.15, 0.2) is 54.7 Å². The number of hydrogen-bond acceptors (Lipinski definition) is 12. The molecule has 16 heteroatoms. The van der Waals surface area contributed by atoms with Crippen molar-refractivity contribution in [1.82, 2.24) is 45.3 Å². The number of rotatable bonds is 11. The molecular weight excluding hydrogens is 1020 g/mol. The summed E-state index contributed by atoms with van der Waals surface area (Å²) < 4.78 is 14.9. The number of piperazine rings is 1. The molecule has 3 amide bonds. The lowest BCUT2D eigenvalue weighted by molar-refractivity contribution is -0.155. The van der Waals surface area contributed by atoms with E-state index >= 15 is 9.59 Å². The van der Waals surface area contributed by atoms with Crippen molar-refractivity contribution in [2.24, 2.45) is 22.7 Å². The largest absolute Gasteiger partial charge is 0.464 e. The highest BCUT2D eigenvalue weighted by molar-refractivity contribution is 5.96. The summed E-state index contributed by atoms with van der Waals surface area (Å²) in [6, 6.07) is 16.5. The first-order chi connectivity index (χ1) is 39.3. The molecule has 13 rings (SSSR count). The van der Waals surface area contributed by atoms with Crippen LogP contribution in [0.2, 0.25) is 0 Å². The molecule has 6 bridgehead atoms. The summed E-state index contributed by atoms with van der Waals surface area (Å²) in [7, 11) is 1.76. The zero-order valence-electron chi connectivity index (χ0n) is 48.9. The van der Waals surface area contributed by atoms with E-state index in [9.17, 15) is 9.59 Å². The molecule has 81 heavy (non-hydrogen) atoms. The molecule has 9 heterocycles. The number of cyclic esters (lactones) is 1. The number of hydrazine groups is 1. The number of amides is 3. The van der Waals surface area contributed by atoms with Gasteiger partial charge >= 0.3 is 5.97 Å². The molecule has 2 aromatic carbocycles. The number of fused-ring (bicyclic) bond motifs is 7. The number of hydrogen-bond donors (Lipinski definition) is 3. The van der Waals surface area contributed by atoms with Crippen molar-refractivity contribution in [2.75, 3.05) is 77.5 Å². The van der Waals surface area contributed by atoms with E-state index in [0.717, 1.165) is 141 Å². The van der Waals surface area contributed by atoms with Crippen molar-refractivity contribution in [3.05, 3.63) is 71.5 Å². The number of nitrogens with zero attached hydrogens (tertiary/aromatic N) is 7. The third-order valence-corrected chi connectivity index (χ3v) is 20.6. The van der Waals surface area contributed by atoms with Crippen molar-refractivity contribution >= 4 is 40.3 Å². The topological polar surface area (TPSA) is 167 Å². The van der Waals surface area contributed by atoms with E-state index in [0.29, 0.717) is 43.8 Å². The molecule has 7 aliphatic heterocycles. The number of esters is 1. The zero-order chi connectivity index (χ0) is 55.7. The van der Waals surface area contributed by atoms with Crippen LogP contribution in [0, 0.1) is 22.7 Å². The number of ether oxygens (including phenoxy) is 2. The minimum Gasteiger partial charge on any atom is -0.464 e. The predicted octanol–water partition coefficient (Wildman–Crippen LogP) is 7.65. The zero-order valence-corrected chi connectivity index (χ0v) is 48.9. The number of methoxy groups -OCH3 is 1. The van der Waals surface area contributed by atoms with Gasteiger partial charge in [-0.1, -0.05) is 63.4 Å². The predicted molar refractivity (Wildman–Crippen MR) is 314 cm³/mol. The van der Waals surface area contributed by atoms with E-state index in [2.05, 4.69) is 123 Å². The van der Waals surface area contributed by atoms with E-state index < -0.39 is 17.5 Å². The number of carbonyl (C=O) groups is 4. The maximum Gasteiger partial charge on any atom is 0.324 e. The number of aryl methyl sites for hydroxylation is 1. The van der Waals surface area contributed by atoms with Crippen LogP contribution in [0.3, 0.4) is 0 Å². The molecule has 2 aromatic heterocycles. The van der Waals surface area contributed by atoms with Gasteiger partial charge in [-0.15, -0.1) is 0 Å². The molecule has 434 valence electrons. The molecular formula is C65H88N10O6. The third kappa shape index (κ3) is 10.9. The second-order valence-electron chi connectivity index (χ2n) is 26.9. The Kier molecular flexibility index (Phi) is 15.1. The van der Waals surface area contributed by atoms with Gasteiger partial charge in [0.2, 0.25) is 11.8 Å². The maximum absolute atomic E-state index is 15.3. The summed E-state index contributed by atoms with van der Waals surface area (Å²) >= 11 is 0. The molecule has 3 N–H and O–H groups in total. The van der Waals surface area contributed by atoms with Crippen LogP contribution < -0.4 is 21.0 Å². The first kappa shape index (κ1) is 54.8. The van der Waals surface area contributed by atoms with E-state index in [1.165, 1.54) is 44.2 Å². The molecule has 1 spiro atoms. The maximum atomic E-state index is 15.3. The van der Waals surface area contributed by atoms with Crippen LogP contribution in [0.5, 0.6) is 0 Å². The number of anilines is 1. The second kappa shape index (κ2) is 22.3. The van der Waals surface area contributed by atoms with E-state index in [1.54, 1.807) is 12.1 Å². The lowest BCUT2D eigenvalue weighted by Gasteiger charge is -2.45. The van der Waals surface area contributed by atoms with Crippen LogP contribution in [0.1, 0.15) is 134 Å². The summed E-state index contributed by atoms with van der Waals surface area (Å²) in [5, 5.41) is 9.61. The SMILES string of the molecule is CCn1c(-c2cc(N3CCN4CCCC[C@@H]4C3)cnc2[C@H](C)OC)c2c3cc(ccc31)-c1cccc(c1)C[C@H](NC(=O)[C@H](C1CCCC1)N1CC[C@]3(CCN(C(=O)[C@@H]4N[C@@H]4C4CC4)C3)C1)C(=O)N1CCC[C@H](N1)C(=O)OCC(C)(C)C2. The van der Waals surface area contributed by atoms with Gasteiger partial charge in [-0.05, 0) is 150 Å². The third-order valence-electron chi connectivity index (χ3n) is 20.6. The summed E-state index contributed by atoms with van der Waals surface area (Å²) in [6.45, 7) is 17.2. The van der Waals surface area contributed by atoms with Crippen molar-refractivity contribution < 1.29 is 28.7 Å². The molecule has 4 aromatic rings. The Labute approximate surface area is 479 Å². The molecule has 2 aliphatic carbocycles. The van der Waals surface area contributed by atoms with Gasteiger partial charge < -0.3 is 29.2 Å². The van der Waals surface area contributed by atoms with Crippen molar-refractivity contribution in [3.63, 3.8) is 0 Å². The first-order valence-corrected chi connectivity index (χ1v) is 31.4. The van der Waals surface area contributed by atoms with Gasteiger partial charge in [-0.2, -0.15) is 0 Å². The Morgan fingerprint density at radius 1 is 0.889 bits per heavy atom. The smallest absolute Gasteiger partial charge is 0.324 e. The van der Waals surface area contributed by atoms with Gasteiger partial charge in [0.05, 0.1) is 42.0 Å². The molecule has 9 aliphatic rings. The van der Waals surface area contributed by atoms with Crippen molar-refractivity contribution in [3.8, 4) is 22.4 Å². The van der Waals surface area contributed by atoms with Gasteiger partial charge in [0.25, 0.3) is 5.91 Å². The van der Waals surface area contributed by atoms with Gasteiger partial charge in [0.15, 0.2) is 0 Å². The minimum atomic E-state index is -0.895. The second-order valence-corrected chi connectivity index (χ2v) is 26.9. The monoisotopic (exact) mass is 1100 g/mol. The fourth-order valence-electron chi connectivity index (χ4n) is 15.9. The normalized spacial score (nSPS) is 29.2. The van der Waals surface area contributed by atoms with Crippen LogP contribution >= 0.6 is 0 Å². The fraction of sp³-hybridized carbons (Fsp3) is 0.646. The molecule has 0 unspecified atom stereocenters. The van der Waals surface area contributed by atoms with Crippen LogP contribution in [-0.2, 0) is 48.0 Å². The van der Waals surface area contributed by atoms with E-state index in [-0.39, 0.29) is 66.2 Å². The number of aromatic nitrogens is 2. The Morgan fingerprint density at radius 2 is 1.70 bits per heavy atom. The molecule has 8 atom stereocenters. The highest BCUT2D eigenvalue weighted by Gasteiger charge is 2.55. The van der Waals surface area contributed by atoms with E-state index in [1.807, 2.05) is 0 Å². The Bertz CT molecular complexity index is 3040. The van der Waals surface area contributed by atoms with Crippen LogP contribution in [-0.4, -0.2) is 162 Å². The molecule has 16 nitrogen and oxygen atoms in total. The average molecular weight is 1110 g/mol. The molecule has 8 fully saturated rings. The van der Waals surface area contributed by atoms with Gasteiger partial charge in [-0.25, -0.2) is 5.43 Å². The van der Waals surface area contributed by atoms with Crippen LogP contribution in [0.4, 0.5) is 5.69 Å². The molecule has 2 saturated carbocycles. The number of benzene rings is 2. The number of likely N-dealkylation sites (tertiary alicyclic amines) is 2. The Hall–Kier alpha value is -5.39. The van der Waals surface area contributed by atoms with Gasteiger partial charge in [0, 0.05) is 105 Å². The summed E-state index contributed by atoms with van der Waals surface area (Å²) in [4.78, 5) is 73.5. The van der Waals surface area contributed by atoms with Crippen LogP contribution in [0.25, 0.3) is 33.3 Å². The quantitative estimate of drug-likeness (QED) is 0.0994. The highest BCUT2D eigenvalue weighted by Crippen LogP contribution is 2.47. The fourth-order valence-corrected chi connectivity index (χ4v) is 15.9. The first-order valence-electron chi connectivity index (χ1n) is 31.4. The Balaban J connectivity index is 0.837. The van der Waals surface area contributed by atoms with Crippen molar-refractivity contribution in [1.29, 1.82) is 0 Å². The molecule has 0 radical (unpaired) electrons. The van der Waals surface area contributed by atoms with Gasteiger partial charge in [-0.3, -0.25) is 44.3 Å². The van der Waals surface area contributed by atoms with Gasteiger partial charge in [0.1, 0.15) is 18.1 Å². The summed E-state index contributed by atoms with van der Waals surface area (Å²) in [6.07, 6.45) is 16.1. The Morgan fingerprint density at radius 3 is 2.52 bits per heavy atom. The number of piperidine rings is 1. The number of pyridine rings is 1. The average Bonchev–Trinajstić information content (AvgIpc) is 4.44. The minimum absolute atomic E-state index is 0.0251. The van der Waals surface area contributed by atoms with Crippen molar-refractivity contribution in [2.45, 2.75) is 173 Å². The number of carbonyl (C=O) groups excluding carboxylic acids is 4. The highest BCUT2D eigenvalue weighted by atomic mass is 16.5. The summed E-state index contributed by atoms with van der Waals surface area (Å²) in [5.41, 5.74) is 12.3.